The van der Waals surface area contributed by atoms with Crippen LogP contribution in [-0.4, -0.2) is 34.9 Å². The maximum Gasteiger partial charge on any atom is 0.326 e. The van der Waals surface area contributed by atoms with Crippen LogP contribution in [0.1, 0.15) is 25.3 Å². The number of carboxylic acid groups (broad SMARTS) is 1. The molecule has 0 bridgehead atoms. The van der Waals surface area contributed by atoms with Crippen molar-refractivity contribution in [3.63, 3.8) is 0 Å². The molecule has 0 aromatic heterocycles. The summed E-state index contributed by atoms with van der Waals surface area (Å²) in [7, 11) is 0. The van der Waals surface area contributed by atoms with Gasteiger partial charge in [-0.05, 0) is 24.1 Å². The Hall–Kier alpha value is -2.08. The minimum Gasteiger partial charge on any atom is -0.480 e. The third-order valence-electron chi connectivity index (χ3n) is 2.77. The molecule has 0 heterocycles. The van der Waals surface area contributed by atoms with E-state index in [2.05, 4.69) is 17.6 Å². The molecule has 1 rings (SSSR count). The largest absolute Gasteiger partial charge is 0.480 e. The maximum atomic E-state index is 11.6. The number of urea groups is 1. The molecule has 1 aromatic carbocycles. The molecule has 6 heteroatoms. The van der Waals surface area contributed by atoms with Gasteiger partial charge in [0.2, 0.25) is 0 Å². The van der Waals surface area contributed by atoms with Crippen molar-refractivity contribution >= 4 is 17.7 Å². The number of aryl methyl sites for hydroxylation is 1. The van der Waals surface area contributed by atoms with Gasteiger partial charge >= 0.3 is 12.0 Å². The molecule has 1 unspecified atom stereocenters. The standard InChI is InChI=1S/C14H20N2O4/c1-2-3-10-4-6-11(7-5-10)15-14(20)16-12(8-9-17)13(18)19/h4-7,12,17H,2-3,8-9H2,1H3,(H,18,19)(H2,15,16,20). The van der Waals surface area contributed by atoms with Crippen LogP contribution in [0.15, 0.2) is 24.3 Å². The van der Waals surface area contributed by atoms with E-state index in [-0.39, 0.29) is 13.0 Å². The van der Waals surface area contributed by atoms with Gasteiger partial charge in [0.05, 0.1) is 0 Å². The van der Waals surface area contributed by atoms with Crippen molar-refractivity contribution in [2.75, 3.05) is 11.9 Å². The first-order valence-corrected chi connectivity index (χ1v) is 6.57. The van der Waals surface area contributed by atoms with Gasteiger partial charge in [-0.15, -0.1) is 0 Å². The molecule has 1 aromatic rings. The Bertz CT molecular complexity index is 445. The summed E-state index contributed by atoms with van der Waals surface area (Å²) in [5.41, 5.74) is 1.78. The Morgan fingerprint density at radius 2 is 1.90 bits per heavy atom. The Morgan fingerprint density at radius 1 is 1.25 bits per heavy atom. The summed E-state index contributed by atoms with van der Waals surface area (Å²) < 4.78 is 0. The normalized spacial score (nSPS) is 11.7. The third kappa shape index (κ3) is 5.27. The van der Waals surface area contributed by atoms with Crippen LogP contribution >= 0.6 is 0 Å². The van der Waals surface area contributed by atoms with Crippen molar-refractivity contribution in [2.24, 2.45) is 0 Å². The topological polar surface area (TPSA) is 98.7 Å². The zero-order valence-corrected chi connectivity index (χ0v) is 11.4. The number of carbonyl (C=O) groups excluding carboxylic acids is 1. The zero-order valence-electron chi connectivity index (χ0n) is 11.4. The highest BCUT2D eigenvalue weighted by atomic mass is 16.4. The summed E-state index contributed by atoms with van der Waals surface area (Å²) in [6.45, 7) is 1.79. The van der Waals surface area contributed by atoms with Crippen LogP contribution in [-0.2, 0) is 11.2 Å². The molecule has 0 aliphatic rings. The Kier molecular flexibility index (Phi) is 6.52. The number of aliphatic carboxylic acids is 1. The van der Waals surface area contributed by atoms with Gasteiger partial charge < -0.3 is 20.8 Å². The van der Waals surface area contributed by atoms with E-state index in [1.807, 2.05) is 12.1 Å². The second kappa shape index (κ2) is 8.16. The molecule has 6 nitrogen and oxygen atoms in total. The molecule has 2 amide bonds. The molecular weight excluding hydrogens is 260 g/mol. The quantitative estimate of drug-likeness (QED) is 0.609. The lowest BCUT2D eigenvalue weighted by atomic mass is 10.1. The van der Waals surface area contributed by atoms with Crippen molar-refractivity contribution in [3.8, 4) is 0 Å². The van der Waals surface area contributed by atoms with Crippen molar-refractivity contribution < 1.29 is 19.8 Å². The lowest BCUT2D eigenvalue weighted by Gasteiger charge is -2.14. The van der Waals surface area contributed by atoms with Crippen LogP contribution in [0.4, 0.5) is 10.5 Å². The second-order valence-corrected chi connectivity index (χ2v) is 4.45. The van der Waals surface area contributed by atoms with E-state index in [0.29, 0.717) is 5.69 Å². The number of carboxylic acids is 1. The van der Waals surface area contributed by atoms with Gasteiger partial charge in [-0.1, -0.05) is 25.5 Å². The summed E-state index contributed by atoms with van der Waals surface area (Å²) >= 11 is 0. The van der Waals surface area contributed by atoms with Crippen molar-refractivity contribution in [1.29, 1.82) is 0 Å². The molecule has 0 radical (unpaired) electrons. The van der Waals surface area contributed by atoms with Gasteiger partial charge in [-0.2, -0.15) is 0 Å². The molecule has 110 valence electrons. The van der Waals surface area contributed by atoms with E-state index < -0.39 is 18.0 Å². The first kappa shape index (κ1) is 16.0. The van der Waals surface area contributed by atoms with E-state index in [1.165, 1.54) is 5.56 Å². The lowest BCUT2D eigenvalue weighted by molar-refractivity contribution is -0.139. The summed E-state index contributed by atoms with van der Waals surface area (Å²) in [6, 6.07) is 5.68. The van der Waals surface area contributed by atoms with Crippen molar-refractivity contribution in [3.05, 3.63) is 29.8 Å². The SMILES string of the molecule is CCCc1ccc(NC(=O)NC(CCO)C(=O)O)cc1. The minimum absolute atomic E-state index is 0.0296. The van der Waals surface area contributed by atoms with Gasteiger partial charge in [-0.3, -0.25) is 0 Å². The Labute approximate surface area is 117 Å². The highest BCUT2D eigenvalue weighted by Gasteiger charge is 2.18. The number of anilines is 1. The molecule has 4 N–H and O–H groups in total. The summed E-state index contributed by atoms with van der Waals surface area (Å²) in [5.74, 6) is -1.17. The number of nitrogens with one attached hydrogen (secondary N) is 2. The maximum absolute atomic E-state index is 11.6. The van der Waals surface area contributed by atoms with Crippen molar-refractivity contribution in [2.45, 2.75) is 32.2 Å². The van der Waals surface area contributed by atoms with E-state index in [9.17, 15) is 9.59 Å². The average Bonchev–Trinajstić information content (AvgIpc) is 2.40. The number of hydrogen-bond donors (Lipinski definition) is 4. The highest BCUT2D eigenvalue weighted by molar-refractivity contribution is 5.92. The van der Waals surface area contributed by atoms with Crippen LogP contribution in [0.5, 0.6) is 0 Å². The zero-order chi connectivity index (χ0) is 15.0. The van der Waals surface area contributed by atoms with Gasteiger partial charge in [0.25, 0.3) is 0 Å². The predicted octanol–water partition coefficient (Wildman–Crippen LogP) is 1.60. The van der Waals surface area contributed by atoms with Crippen LogP contribution in [0.2, 0.25) is 0 Å². The molecule has 0 aliphatic carbocycles. The van der Waals surface area contributed by atoms with Gasteiger partial charge in [0.1, 0.15) is 6.04 Å². The number of aliphatic hydroxyl groups is 1. The van der Waals surface area contributed by atoms with Gasteiger partial charge in [0, 0.05) is 18.7 Å². The number of rotatable bonds is 7. The van der Waals surface area contributed by atoms with Gasteiger partial charge in [-0.25, -0.2) is 9.59 Å². The smallest absolute Gasteiger partial charge is 0.326 e. The van der Waals surface area contributed by atoms with Crippen LogP contribution in [0.25, 0.3) is 0 Å². The van der Waals surface area contributed by atoms with E-state index in [1.54, 1.807) is 12.1 Å². The third-order valence-corrected chi connectivity index (χ3v) is 2.77. The first-order chi connectivity index (χ1) is 9.56. The summed E-state index contributed by atoms with van der Waals surface area (Å²) in [6.07, 6.45) is 2.00. The number of amides is 2. The fraction of sp³-hybridized carbons (Fsp3) is 0.429. The summed E-state index contributed by atoms with van der Waals surface area (Å²) in [4.78, 5) is 22.5. The number of benzene rings is 1. The molecule has 0 fully saturated rings. The van der Waals surface area contributed by atoms with Gasteiger partial charge in [0.15, 0.2) is 0 Å². The molecule has 1 atom stereocenters. The Balaban J connectivity index is 2.54. The Morgan fingerprint density at radius 3 is 2.40 bits per heavy atom. The first-order valence-electron chi connectivity index (χ1n) is 6.57. The highest BCUT2D eigenvalue weighted by Crippen LogP contribution is 2.11. The number of carbonyl (C=O) groups is 2. The monoisotopic (exact) mass is 280 g/mol. The van der Waals surface area contributed by atoms with E-state index in [4.69, 9.17) is 10.2 Å². The average molecular weight is 280 g/mol. The summed E-state index contributed by atoms with van der Waals surface area (Å²) in [5, 5.41) is 22.5. The molecule has 0 aliphatic heterocycles. The van der Waals surface area contributed by atoms with E-state index in [0.717, 1.165) is 12.8 Å². The number of hydrogen-bond acceptors (Lipinski definition) is 3. The lowest BCUT2D eigenvalue weighted by Crippen LogP contribution is -2.43. The van der Waals surface area contributed by atoms with Crippen molar-refractivity contribution in [1.82, 2.24) is 5.32 Å². The van der Waals surface area contributed by atoms with Crippen LogP contribution in [0, 0.1) is 0 Å². The van der Waals surface area contributed by atoms with Crippen LogP contribution in [0.3, 0.4) is 0 Å². The molecule has 20 heavy (non-hydrogen) atoms. The molecule has 0 saturated carbocycles. The second-order valence-electron chi connectivity index (χ2n) is 4.45. The molecule has 0 spiro atoms. The van der Waals surface area contributed by atoms with E-state index >= 15 is 0 Å². The van der Waals surface area contributed by atoms with Crippen LogP contribution < -0.4 is 10.6 Å². The molecule has 0 saturated heterocycles. The fourth-order valence-electron chi connectivity index (χ4n) is 1.76. The number of aliphatic hydroxyl groups excluding tert-OH is 1. The minimum atomic E-state index is -1.17. The molecular formula is C14H20N2O4. The fourth-order valence-corrected chi connectivity index (χ4v) is 1.76. The predicted molar refractivity (Wildman–Crippen MR) is 75.7 cm³/mol.